The molecule has 178 valence electrons. The second-order valence-corrected chi connectivity index (χ2v) is 8.33. The van der Waals surface area contributed by atoms with Crippen molar-refractivity contribution in [2.24, 2.45) is 0 Å². The minimum absolute atomic E-state index is 0.128. The Labute approximate surface area is 206 Å². The molecule has 35 heavy (non-hydrogen) atoms. The fourth-order valence-corrected chi connectivity index (χ4v) is 3.48. The fourth-order valence-electron chi connectivity index (χ4n) is 3.35. The van der Waals surface area contributed by atoms with E-state index in [1.165, 1.54) is 12.1 Å². The van der Waals surface area contributed by atoms with Gasteiger partial charge in [0, 0.05) is 48.3 Å². The summed E-state index contributed by atoms with van der Waals surface area (Å²) in [7, 11) is 1.70. The van der Waals surface area contributed by atoms with Crippen LogP contribution in [0.15, 0.2) is 77.3 Å². The van der Waals surface area contributed by atoms with Crippen molar-refractivity contribution in [3.8, 4) is 11.5 Å². The van der Waals surface area contributed by atoms with Gasteiger partial charge in [0.25, 0.3) is 17.7 Å². The van der Waals surface area contributed by atoms with Crippen LogP contribution in [0.25, 0.3) is 11.5 Å². The normalized spacial score (nSPS) is 10.7. The van der Waals surface area contributed by atoms with Gasteiger partial charge in [-0.15, -0.1) is 0 Å². The highest BCUT2D eigenvalue weighted by Gasteiger charge is 2.15. The van der Waals surface area contributed by atoms with E-state index in [2.05, 4.69) is 15.5 Å². The number of likely N-dealkylation sites (N-methyl/N-ethyl adjacent to an activating group) is 1. The summed E-state index contributed by atoms with van der Waals surface area (Å²) in [5.74, 6) is 0.0305. The summed E-state index contributed by atoms with van der Waals surface area (Å²) in [6, 6.07) is 19.5. The fraction of sp³-hybridized carbons (Fsp3) is 0.154. The minimum atomic E-state index is -0.347. The second-order valence-electron chi connectivity index (χ2n) is 7.89. The van der Waals surface area contributed by atoms with E-state index >= 15 is 0 Å². The lowest BCUT2D eigenvalue weighted by molar-refractivity contribution is 0.0795. The molecule has 0 unspecified atom stereocenters. The van der Waals surface area contributed by atoms with Gasteiger partial charge in [0.1, 0.15) is 5.82 Å². The predicted molar refractivity (Wildman–Crippen MR) is 129 cm³/mol. The Morgan fingerprint density at radius 3 is 2.46 bits per heavy atom. The van der Waals surface area contributed by atoms with Gasteiger partial charge in [0.05, 0.1) is 0 Å². The standard InChI is InChI=1S/C26H22ClFN4O3/c1-32(26(34)20-9-11-21(27)12-10-20)14-13-23-30-25(35-31-23)19-7-5-18(6-8-19)24(33)29-16-17-3-2-4-22(28)15-17/h2-12,15H,13-14,16H2,1H3,(H,29,33). The van der Waals surface area contributed by atoms with E-state index in [0.717, 1.165) is 0 Å². The van der Waals surface area contributed by atoms with Crippen molar-refractivity contribution >= 4 is 23.4 Å². The van der Waals surface area contributed by atoms with Gasteiger partial charge in [-0.1, -0.05) is 28.9 Å². The first-order valence-electron chi connectivity index (χ1n) is 10.9. The minimum Gasteiger partial charge on any atom is -0.348 e. The third-order valence-corrected chi connectivity index (χ3v) is 5.56. The van der Waals surface area contributed by atoms with Gasteiger partial charge in [-0.05, 0) is 66.2 Å². The van der Waals surface area contributed by atoms with Crippen LogP contribution in [0.1, 0.15) is 32.1 Å². The van der Waals surface area contributed by atoms with Crippen LogP contribution in [0.4, 0.5) is 4.39 Å². The molecule has 1 heterocycles. The van der Waals surface area contributed by atoms with Crippen molar-refractivity contribution < 1.29 is 18.5 Å². The topological polar surface area (TPSA) is 88.3 Å². The molecule has 0 aliphatic carbocycles. The molecule has 0 atom stereocenters. The van der Waals surface area contributed by atoms with Crippen LogP contribution in [-0.2, 0) is 13.0 Å². The number of nitrogens with one attached hydrogen (secondary N) is 1. The SMILES string of the molecule is CN(CCc1noc(-c2ccc(C(=O)NCc3cccc(F)c3)cc2)n1)C(=O)c1ccc(Cl)cc1. The zero-order valence-electron chi connectivity index (χ0n) is 18.9. The lowest BCUT2D eigenvalue weighted by atomic mass is 10.1. The number of hydrogen-bond donors (Lipinski definition) is 1. The van der Waals surface area contributed by atoms with Crippen molar-refractivity contribution in [3.05, 3.63) is 106 Å². The molecule has 0 bridgehead atoms. The van der Waals surface area contributed by atoms with Crippen molar-refractivity contribution in [2.45, 2.75) is 13.0 Å². The number of rotatable bonds is 8. The average molecular weight is 493 g/mol. The van der Waals surface area contributed by atoms with Gasteiger partial charge >= 0.3 is 0 Å². The van der Waals surface area contributed by atoms with E-state index in [4.69, 9.17) is 16.1 Å². The number of amides is 2. The number of carbonyl (C=O) groups is 2. The molecule has 7 nitrogen and oxygen atoms in total. The molecule has 2 amide bonds. The lowest BCUT2D eigenvalue weighted by Gasteiger charge is -2.16. The van der Waals surface area contributed by atoms with Gasteiger partial charge in [-0.25, -0.2) is 4.39 Å². The van der Waals surface area contributed by atoms with Crippen LogP contribution in [0.3, 0.4) is 0 Å². The first kappa shape index (κ1) is 24.1. The van der Waals surface area contributed by atoms with Gasteiger partial charge in [0.2, 0.25) is 0 Å². The molecule has 0 saturated heterocycles. The predicted octanol–water partition coefficient (Wildman–Crippen LogP) is 4.77. The number of halogens is 2. The third-order valence-electron chi connectivity index (χ3n) is 5.31. The molecule has 0 aliphatic rings. The lowest BCUT2D eigenvalue weighted by Crippen LogP contribution is -2.29. The van der Waals surface area contributed by atoms with E-state index < -0.39 is 0 Å². The van der Waals surface area contributed by atoms with E-state index in [9.17, 15) is 14.0 Å². The summed E-state index contributed by atoms with van der Waals surface area (Å²) in [6.07, 6.45) is 0.417. The third kappa shape index (κ3) is 6.30. The van der Waals surface area contributed by atoms with Crippen LogP contribution in [0, 0.1) is 5.82 Å². The zero-order chi connectivity index (χ0) is 24.8. The quantitative estimate of drug-likeness (QED) is 0.382. The zero-order valence-corrected chi connectivity index (χ0v) is 19.6. The first-order valence-corrected chi connectivity index (χ1v) is 11.2. The molecule has 4 rings (SSSR count). The van der Waals surface area contributed by atoms with Gasteiger partial charge in [-0.2, -0.15) is 4.98 Å². The molecule has 9 heteroatoms. The summed E-state index contributed by atoms with van der Waals surface area (Å²) >= 11 is 5.87. The van der Waals surface area contributed by atoms with Crippen LogP contribution in [0.2, 0.25) is 5.02 Å². The monoisotopic (exact) mass is 492 g/mol. The Balaban J connectivity index is 1.31. The molecule has 0 spiro atoms. The Bertz CT molecular complexity index is 1320. The number of benzene rings is 3. The van der Waals surface area contributed by atoms with Gasteiger partial charge in [-0.3, -0.25) is 9.59 Å². The molecule has 1 aromatic heterocycles. The summed E-state index contributed by atoms with van der Waals surface area (Å²) in [6.45, 7) is 0.630. The molecule has 4 aromatic rings. The van der Waals surface area contributed by atoms with Crippen molar-refractivity contribution in [1.82, 2.24) is 20.4 Å². The highest BCUT2D eigenvalue weighted by molar-refractivity contribution is 6.30. The Kier molecular flexibility index (Phi) is 7.52. The van der Waals surface area contributed by atoms with Crippen LogP contribution >= 0.6 is 11.6 Å². The van der Waals surface area contributed by atoms with Crippen molar-refractivity contribution in [1.29, 1.82) is 0 Å². The molecule has 3 aromatic carbocycles. The number of carbonyl (C=O) groups excluding carboxylic acids is 2. The number of hydrogen-bond acceptors (Lipinski definition) is 5. The number of aromatic nitrogens is 2. The molecule has 0 aliphatic heterocycles. The van der Waals surface area contributed by atoms with Crippen LogP contribution in [-0.4, -0.2) is 40.4 Å². The molecule has 0 fully saturated rings. The first-order chi connectivity index (χ1) is 16.9. The van der Waals surface area contributed by atoms with E-state index in [0.29, 0.717) is 52.0 Å². The Morgan fingerprint density at radius 2 is 1.74 bits per heavy atom. The van der Waals surface area contributed by atoms with Crippen molar-refractivity contribution in [2.75, 3.05) is 13.6 Å². The average Bonchev–Trinajstić information content (AvgIpc) is 3.35. The molecule has 0 radical (unpaired) electrons. The summed E-state index contributed by atoms with van der Waals surface area (Å²) in [5.41, 5.74) is 2.34. The highest BCUT2D eigenvalue weighted by atomic mass is 35.5. The maximum atomic E-state index is 13.3. The van der Waals surface area contributed by atoms with E-state index in [-0.39, 0.29) is 24.2 Å². The maximum Gasteiger partial charge on any atom is 0.257 e. The van der Waals surface area contributed by atoms with Crippen molar-refractivity contribution in [3.63, 3.8) is 0 Å². The smallest absolute Gasteiger partial charge is 0.257 e. The molecule has 1 N–H and O–H groups in total. The van der Waals surface area contributed by atoms with Crippen LogP contribution in [0.5, 0.6) is 0 Å². The summed E-state index contributed by atoms with van der Waals surface area (Å²) in [5, 5.41) is 7.32. The summed E-state index contributed by atoms with van der Waals surface area (Å²) < 4.78 is 18.6. The number of nitrogens with zero attached hydrogens (tertiary/aromatic N) is 3. The largest absolute Gasteiger partial charge is 0.348 e. The Morgan fingerprint density at radius 1 is 1.03 bits per heavy atom. The molecular formula is C26H22ClFN4O3. The highest BCUT2D eigenvalue weighted by Crippen LogP contribution is 2.18. The molecular weight excluding hydrogens is 471 g/mol. The van der Waals surface area contributed by atoms with Crippen LogP contribution < -0.4 is 5.32 Å². The van der Waals surface area contributed by atoms with E-state index in [1.54, 1.807) is 72.6 Å². The molecule has 0 saturated carbocycles. The maximum absolute atomic E-state index is 13.3. The second kappa shape index (κ2) is 10.9. The Hall–Kier alpha value is -4.04. The van der Waals surface area contributed by atoms with Gasteiger partial charge in [0.15, 0.2) is 5.82 Å². The van der Waals surface area contributed by atoms with Gasteiger partial charge < -0.3 is 14.7 Å². The van der Waals surface area contributed by atoms with E-state index in [1.807, 2.05) is 0 Å². The summed E-state index contributed by atoms with van der Waals surface area (Å²) in [4.78, 5) is 30.9.